The molecule has 1 aliphatic rings. The molecule has 1 aliphatic heterocycles. The minimum atomic E-state index is -0.327. The fourth-order valence-corrected chi connectivity index (χ4v) is 3.02. The van der Waals surface area contributed by atoms with E-state index < -0.39 is 0 Å². The lowest BCUT2D eigenvalue weighted by Crippen LogP contribution is -2.39. The number of aryl methyl sites for hydroxylation is 1. The Balaban J connectivity index is 1.54. The quantitative estimate of drug-likeness (QED) is 0.796. The molecule has 1 atom stereocenters. The number of anilines is 2. The zero-order chi connectivity index (χ0) is 18.5. The maximum atomic E-state index is 12.3. The predicted octanol–water partition coefficient (Wildman–Crippen LogP) is 2.62. The van der Waals surface area contributed by atoms with E-state index in [0.29, 0.717) is 31.0 Å². The maximum absolute atomic E-state index is 12.3. The van der Waals surface area contributed by atoms with Gasteiger partial charge in [0.2, 0.25) is 11.8 Å². The van der Waals surface area contributed by atoms with E-state index in [-0.39, 0.29) is 17.9 Å². The third-order valence-corrected chi connectivity index (χ3v) is 4.48. The lowest BCUT2D eigenvalue weighted by molar-refractivity contribution is -0.118. The predicted molar refractivity (Wildman–Crippen MR) is 98.8 cm³/mol. The average Bonchev–Trinajstić information content (AvgIpc) is 3.24. The molecule has 2 aromatic rings. The second-order valence-electron chi connectivity index (χ2n) is 6.47. The van der Waals surface area contributed by atoms with E-state index in [1.165, 1.54) is 0 Å². The van der Waals surface area contributed by atoms with Crippen molar-refractivity contribution >= 4 is 23.3 Å². The van der Waals surface area contributed by atoms with Crippen molar-refractivity contribution in [3.63, 3.8) is 0 Å². The number of benzene rings is 1. The molecule has 2 N–H and O–H groups in total. The fourth-order valence-electron chi connectivity index (χ4n) is 3.02. The Kier molecular flexibility index (Phi) is 5.68. The van der Waals surface area contributed by atoms with Crippen LogP contribution in [0.3, 0.4) is 0 Å². The largest absolute Gasteiger partial charge is 0.360 e. The zero-order valence-electron chi connectivity index (χ0n) is 15.1. The van der Waals surface area contributed by atoms with Crippen molar-refractivity contribution < 1.29 is 14.1 Å². The first-order chi connectivity index (χ1) is 12.6. The van der Waals surface area contributed by atoms with Crippen LogP contribution < -0.4 is 15.5 Å². The topological polar surface area (TPSA) is 87.5 Å². The summed E-state index contributed by atoms with van der Waals surface area (Å²) in [6.07, 6.45) is 2.20. The van der Waals surface area contributed by atoms with Crippen LogP contribution >= 0.6 is 0 Å². The molecule has 1 saturated heterocycles. The molecule has 138 valence electrons. The summed E-state index contributed by atoms with van der Waals surface area (Å²) in [5.41, 5.74) is 1.99. The molecule has 1 aromatic heterocycles. The van der Waals surface area contributed by atoms with Crippen LogP contribution in [0.5, 0.6) is 0 Å². The van der Waals surface area contributed by atoms with Crippen molar-refractivity contribution in [1.82, 2.24) is 10.5 Å². The lowest BCUT2D eigenvalue weighted by Gasteiger charge is -2.18. The second kappa shape index (κ2) is 8.14. The van der Waals surface area contributed by atoms with Crippen molar-refractivity contribution in [2.24, 2.45) is 0 Å². The SMILES string of the molecule is CCC(NCc1ccc(N2CCCC2=O)cc1)C(=O)Nc1cc(C)on1. The molecule has 1 fully saturated rings. The first-order valence-corrected chi connectivity index (χ1v) is 8.93. The van der Waals surface area contributed by atoms with Gasteiger partial charge in [-0.25, -0.2) is 0 Å². The molecule has 3 rings (SSSR count). The summed E-state index contributed by atoms with van der Waals surface area (Å²) < 4.78 is 4.96. The summed E-state index contributed by atoms with van der Waals surface area (Å²) in [6.45, 7) is 5.08. The Labute approximate surface area is 152 Å². The van der Waals surface area contributed by atoms with E-state index in [9.17, 15) is 9.59 Å². The van der Waals surface area contributed by atoms with Crippen LogP contribution in [0.4, 0.5) is 11.5 Å². The summed E-state index contributed by atoms with van der Waals surface area (Å²) in [4.78, 5) is 26.0. The molecule has 1 unspecified atom stereocenters. The number of hydrogen-bond acceptors (Lipinski definition) is 5. The summed E-state index contributed by atoms with van der Waals surface area (Å²) in [7, 11) is 0. The molecule has 7 nitrogen and oxygen atoms in total. The van der Waals surface area contributed by atoms with E-state index in [1.54, 1.807) is 13.0 Å². The van der Waals surface area contributed by atoms with Gasteiger partial charge < -0.3 is 20.1 Å². The zero-order valence-corrected chi connectivity index (χ0v) is 15.1. The van der Waals surface area contributed by atoms with Gasteiger partial charge in [-0.2, -0.15) is 0 Å². The summed E-state index contributed by atoms with van der Waals surface area (Å²) in [5, 5.41) is 9.79. The highest BCUT2D eigenvalue weighted by atomic mass is 16.5. The molecule has 0 bridgehead atoms. The van der Waals surface area contributed by atoms with Gasteiger partial charge in [-0.15, -0.1) is 0 Å². The first kappa shape index (κ1) is 18.1. The van der Waals surface area contributed by atoms with Crippen molar-refractivity contribution in [2.75, 3.05) is 16.8 Å². The molecule has 0 saturated carbocycles. The molecule has 2 heterocycles. The number of nitrogens with one attached hydrogen (secondary N) is 2. The van der Waals surface area contributed by atoms with E-state index in [0.717, 1.165) is 24.2 Å². The highest BCUT2D eigenvalue weighted by Crippen LogP contribution is 2.21. The Bertz CT molecular complexity index is 769. The Morgan fingerprint density at radius 2 is 2.12 bits per heavy atom. The van der Waals surface area contributed by atoms with E-state index in [2.05, 4.69) is 15.8 Å². The molecule has 1 aromatic carbocycles. The van der Waals surface area contributed by atoms with Crippen molar-refractivity contribution in [3.05, 3.63) is 41.7 Å². The number of nitrogens with zero attached hydrogens (tertiary/aromatic N) is 2. The van der Waals surface area contributed by atoms with Crippen molar-refractivity contribution in [1.29, 1.82) is 0 Å². The standard InChI is InChI=1S/C19H24N4O3/c1-3-16(19(25)21-17-11-13(2)26-22-17)20-12-14-6-8-15(9-7-14)23-10-4-5-18(23)24/h6-9,11,16,20H,3-5,10,12H2,1-2H3,(H,21,22,25). The smallest absolute Gasteiger partial charge is 0.242 e. The van der Waals surface area contributed by atoms with E-state index in [1.807, 2.05) is 36.1 Å². The fraction of sp³-hybridized carbons (Fsp3) is 0.421. The van der Waals surface area contributed by atoms with E-state index >= 15 is 0 Å². The Hall–Kier alpha value is -2.67. The third kappa shape index (κ3) is 4.29. The van der Waals surface area contributed by atoms with Gasteiger partial charge in [0.1, 0.15) is 5.76 Å². The van der Waals surface area contributed by atoms with Crippen LogP contribution in [0.2, 0.25) is 0 Å². The average molecular weight is 356 g/mol. The first-order valence-electron chi connectivity index (χ1n) is 8.93. The minimum Gasteiger partial charge on any atom is -0.360 e. The van der Waals surface area contributed by atoms with Gasteiger partial charge in [0.25, 0.3) is 0 Å². The summed E-state index contributed by atoms with van der Waals surface area (Å²) >= 11 is 0. The van der Waals surface area contributed by atoms with Gasteiger partial charge in [-0.05, 0) is 37.5 Å². The van der Waals surface area contributed by atoms with Gasteiger partial charge in [-0.1, -0.05) is 24.2 Å². The molecule has 0 radical (unpaired) electrons. The minimum absolute atomic E-state index is 0.139. The van der Waals surface area contributed by atoms with Crippen molar-refractivity contribution in [2.45, 2.75) is 45.7 Å². The van der Waals surface area contributed by atoms with Gasteiger partial charge in [0.15, 0.2) is 5.82 Å². The van der Waals surface area contributed by atoms with Gasteiger partial charge >= 0.3 is 0 Å². The van der Waals surface area contributed by atoms with E-state index in [4.69, 9.17) is 4.52 Å². The number of hydrogen-bond donors (Lipinski definition) is 2. The van der Waals surface area contributed by atoms with Crippen LogP contribution in [0.1, 0.15) is 37.5 Å². The maximum Gasteiger partial charge on any atom is 0.242 e. The molecule has 26 heavy (non-hydrogen) atoms. The lowest BCUT2D eigenvalue weighted by atomic mass is 10.1. The van der Waals surface area contributed by atoms with Crippen LogP contribution in [0.25, 0.3) is 0 Å². The normalized spacial score (nSPS) is 15.3. The third-order valence-electron chi connectivity index (χ3n) is 4.48. The molecule has 0 spiro atoms. The number of amides is 2. The molecular weight excluding hydrogens is 332 g/mol. The number of aromatic nitrogens is 1. The molecule has 7 heteroatoms. The molecular formula is C19H24N4O3. The number of carbonyl (C=O) groups excluding carboxylic acids is 2. The second-order valence-corrected chi connectivity index (χ2v) is 6.47. The monoisotopic (exact) mass is 356 g/mol. The highest BCUT2D eigenvalue weighted by molar-refractivity contribution is 5.95. The van der Waals surface area contributed by atoms with Crippen LogP contribution in [0.15, 0.2) is 34.9 Å². The summed E-state index contributed by atoms with van der Waals surface area (Å²) in [6, 6.07) is 9.24. The van der Waals surface area contributed by atoms with Crippen molar-refractivity contribution in [3.8, 4) is 0 Å². The van der Waals surface area contributed by atoms with Gasteiger partial charge in [-0.3, -0.25) is 9.59 Å². The Morgan fingerprint density at radius 1 is 1.35 bits per heavy atom. The number of rotatable bonds is 7. The summed E-state index contributed by atoms with van der Waals surface area (Å²) in [5.74, 6) is 1.12. The van der Waals surface area contributed by atoms with Crippen LogP contribution in [0, 0.1) is 6.92 Å². The van der Waals surface area contributed by atoms with Crippen LogP contribution in [-0.2, 0) is 16.1 Å². The van der Waals surface area contributed by atoms with Crippen LogP contribution in [-0.4, -0.2) is 29.6 Å². The molecule has 0 aliphatic carbocycles. The number of carbonyl (C=O) groups is 2. The Morgan fingerprint density at radius 3 is 2.69 bits per heavy atom. The van der Waals surface area contributed by atoms with Gasteiger partial charge in [0, 0.05) is 31.3 Å². The van der Waals surface area contributed by atoms with Gasteiger partial charge in [0.05, 0.1) is 6.04 Å². The highest BCUT2D eigenvalue weighted by Gasteiger charge is 2.21. The molecule has 2 amide bonds.